The van der Waals surface area contributed by atoms with E-state index in [-0.39, 0.29) is 22.8 Å². The predicted molar refractivity (Wildman–Crippen MR) is 93.3 cm³/mol. The van der Waals surface area contributed by atoms with Crippen molar-refractivity contribution < 1.29 is 18.1 Å². The number of anilines is 1. The van der Waals surface area contributed by atoms with Crippen molar-refractivity contribution >= 4 is 27.2 Å². The van der Waals surface area contributed by atoms with Crippen molar-refractivity contribution in [3.63, 3.8) is 0 Å². The van der Waals surface area contributed by atoms with Gasteiger partial charge in [0.1, 0.15) is 5.69 Å². The number of nitro benzene ring substituents is 1. The molecule has 25 heavy (non-hydrogen) atoms. The molecule has 0 spiro atoms. The van der Waals surface area contributed by atoms with Crippen LogP contribution in [0.25, 0.3) is 0 Å². The molecular formula is C16H21N3O5S. The van der Waals surface area contributed by atoms with Crippen LogP contribution in [0.4, 0.5) is 11.4 Å². The molecule has 136 valence electrons. The number of carbonyl (C=O) groups excluding carboxylic acids is 1. The fraction of sp³-hybridized carbons (Fsp3) is 0.562. The molecule has 0 radical (unpaired) electrons. The third-order valence-corrected chi connectivity index (χ3v) is 7.12. The first-order valence-electron chi connectivity index (χ1n) is 8.34. The Labute approximate surface area is 146 Å². The Kier molecular flexibility index (Phi) is 4.79. The maximum Gasteiger partial charge on any atom is 0.293 e. The number of piperidine rings is 1. The molecule has 1 N–H and O–H groups in total. The minimum Gasteiger partial charge on any atom is -0.377 e. The second-order valence-electron chi connectivity index (χ2n) is 6.61. The van der Waals surface area contributed by atoms with E-state index in [9.17, 15) is 23.3 Å². The lowest BCUT2D eigenvalue weighted by Gasteiger charge is -2.32. The molecule has 0 amide bonds. The van der Waals surface area contributed by atoms with Crippen molar-refractivity contribution in [1.82, 2.24) is 4.31 Å². The molecule has 1 aliphatic heterocycles. The van der Waals surface area contributed by atoms with E-state index in [2.05, 4.69) is 5.32 Å². The average Bonchev–Trinajstić information content (AvgIpc) is 3.40. The molecule has 1 aliphatic carbocycles. The normalized spacial score (nSPS) is 19.6. The molecular weight excluding hydrogens is 346 g/mol. The van der Waals surface area contributed by atoms with Crippen LogP contribution in [0, 0.1) is 10.1 Å². The van der Waals surface area contributed by atoms with Gasteiger partial charge < -0.3 is 5.32 Å². The van der Waals surface area contributed by atoms with Crippen LogP contribution in [0.15, 0.2) is 18.2 Å². The molecule has 2 aliphatic rings. The van der Waals surface area contributed by atoms with Crippen LogP contribution in [0.3, 0.4) is 0 Å². The van der Waals surface area contributed by atoms with Crippen molar-refractivity contribution in [3.05, 3.63) is 33.9 Å². The zero-order valence-electron chi connectivity index (χ0n) is 14.0. The van der Waals surface area contributed by atoms with Gasteiger partial charge in [0, 0.05) is 30.8 Å². The van der Waals surface area contributed by atoms with E-state index in [0.29, 0.717) is 37.2 Å². The maximum absolute atomic E-state index is 12.2. The predicted octanol–water partition coefficient (Wildman–Crippen LogP) is 2.17. The van der Waals surface area contributed by atoms with Crippen LogP contribution in [0.5, 0.6) is 0 Å². The zero-order chi connectivity index (χ0) is 18.2. The minimum absolute atomic E-state index is 0.0347. The topological polar surface area (TPSA) is 110 Å². The fourth-order valence-corrected chi connectivity index (χ4v) is 4.95. The van der Waals surface area contributed by atoms with E-state index >= 15 is 0 Å². The Morgan fingerprint density at radius 2 is 1.88 bits per heavy atom. The molecule has 8 nitrogen and oxygen atoms in total. The summed E-state index contributed by atoms with van der Waals surface area (Å²) in [5.74, 6) is -0.228. The zero-order valence-corrected chi connectivity index (χ0v) is 14.8. The number of nitro groups is 1. The van der Waals surface area contributed by atoms with E-state index in [1.54, 1.807) is 12.1 Å². The van der Waals surface area contributed by atoms with Gasteiger partial charge in [-0.05, 0) is 44.7 Å². The molecule has 0 bridgehead atoms. The van der Waals surface area contributed by atoms with Crippen molar-refractivity contribution in [2.24, 2.45) is 0 Å². The van der Waals surface area contributed by atoms with Gasteiger partial charge in [0.2, 0.25) is 10.0 Å². The van der Waals surface area contributed by atoms with Gasteiger partial charge in [0.15, 0.2) is 5.78 Å². The molecule has 3 rings (SSSR count). The number of nitrogens with one attached hydrogen (secondary N) is 1. The number of ketones is 1. The lowest BCUT2D eigenvalue weighted by atomic mass is 10.0. The summed E-state index contributed by atoms with van der Waals surface area (Å²) in [6.07, 6.45) is 2.68. The van der Waals surface area contributed by atoms with Crippen molar-refractivity contribution in [3.8, 4) is 0 Å². The third kappa shape index (κ3) is 3.82. The van der Waals surface area contributed by atoms with E-state index in [0.717, 1.165) is 12.8 Å². The smallest absolute Gasteiger partial charge is 0.293 e. The summed E-state index contributed by atoms with van der Waals surface area (Å²) >= 11 is 0. The van der Waals surface area contributed by atoms with Gasteiger partial charge in [-0.1, -0.05) is 0 Å². The first kappa shape index (κ1) is 17.8. The summed E-state index contributed by atoms with van der Waals surface area (Å²) in [5.41, 5.74) is 0.516. The first-order chi connectivity index (χ1) is 11.8. The van der Waals surface area contributed by atoms with E-state index in [1.165, 1.54) is 17.3 Å². The van der Waals surface area contributed by atoms with Crippen LogP contribution in [0.2, 0.25) is 0 Å². The molecule has 1 saturated carbocycles. The highest BCUT2D eigenvalue weighted by atomic mass is 32.2. The van der Waals surface area contributed by atoms with E-state index in [4.69, 9.17) is 0 Å². The Balaban J connectivity index is 1.67. The number of carbonyl (C=O) groups is 1. The largest absolute Gasteiger partial charge is 0.377 e. The van der Waals surface area contributed by atoms with Crippen molar-refractivity contribution in [1.29, 1.82) is 0 Å². The maximum atomic E-state index is 12.2. The molecule has 1 saturated heterocycles. The molecule has 1 heterocycles. The highest BCUT2D eigenvalue weighted by molar-refractivity contribution is 7.90. The Morgan fingerprint density at radius 3 is 2.40 bits per heavy atom. The first-order valence-corrected chi connectivity index (χ1v) is 9.84. The van der Waals surface area contributed by atoms with Gasteiger partial charge in [-0.15, -0.1) is 0 Å². The van der Waals surface area contributed by atoms with Crippen LogP contribution in [-0.4, -0.2) is 47.8 Å². The second kappa shape index (κ2) is 6.72. The molecule has 1 aromatic carbocycles. The molecule has 9 heteroatoms. The molecule has 0 atom stereocenters. The van der Waals surface area contributed by atoms with Gasteiger partial charge in [0.25, 0.3) is 5.69 Å². The summed E-state index contributed by atoms with van der Waals surface area (Å²) in [6, 6.07) is 4.34. The standard InChI is InChI=1S/C16H21N3O5S/c1-11(20)12-2-5-15(16(10-12)19(21)22)17-13-6-8-18(9-7-13)25(23,24)14-3-4-14/h2,5,10,13-14,17H,3-4,6-9H2,1H3. The lowest BCUT2D eigenvalue weighted by Crippen LogP contribution is -2.43. The summed E-state index contributed by atoms with van der Waals surface area (Å²) < 4.78 is 26.0. The minimum atomic E-state index is -3.16. The van der Waals surface area contributed by atoms with Crippen molar-refractivity contribution in [2.75, 3.05) is 18.4 Å². The molecule has 0 unspecified atom stereocenters. The van der Waals surface area contributed by atoms with E-state index in [1.807, 2.05) is 0 Å². The Bertz CT molecular complexity index is 796. The third-order valence-electron chi connectivity index (χ3n) is 4.72. The number of benzene rings is 1. The number of sulfonamides is 1. The highest BCUT2D eigenvalue weighted by Crippen LogP contribution is 2.33. The van der Waals surface area contributed by atoms with Crippen LogP contribution >= 0.6 is 0 Å². The molecule has 0 aromatic heterocycles. The average molecular weight is 367 g/mol. The molecule has 1 aromatic rings. The second-order valence-corrected chi connectivity index (χ2v) is 8.82. The van der Waals surface area contributed by atoms with Gasteiger partial charge in [-0.25, -0.2) is 12.7 Å². The highest BCUT2D eigenvalue weighted by Gasteiger charge is 2.41. The Hall–Kier alpha value is -2.00. The summed E-state index contributed by atoms with van der Waals surface area (Å²) in [5, 5.41) is 14.2. The lowest BCUT2D eigenvalue weighted by molar-refractivity contribution is -0.384. The SMILES string of the molecule is CC(=O)c1ccc(NC2CCN(S(=O)(=O)C3CC3)CC2)c([N+](=O)[O-])c1. The number of hydrogen-bond acceptors (Lipinski definition) is 6. The van der Waals surface area contributed by atoms with Gasteiger partial charge in [0.05, 0.1) is 10.2 Å². The number of Topliss-reactive ketones (excluding diaryl/α,β-unsaturated/α-hetero) is 1. The van der Waals surface area contributed by atoms with Crippen LogP contribution in [0.1, 0.15) is 43.0 Å². The number of rotatable bonds is 6. The van der Waals surface area contributed by atoms with Crippen LogP contribution in [-0.2, 0) is 10.0 Å². The fourth-order valence-electron chi connectivity index (χ4n) is 3.07. The van der Waals surface area contributed by atoms with Gasteiger partial charge in [-0.2, -0.15) is 0 Å². The van der Waals surface area contributed by atoms with E-state index < -0.39 is 14.9 Å². The number of hydrogen-bond donors (Lipinski definition) is 1. The quantitative estimate of drug-likeness (QED) is 0.469. The van der Waals surface area contributed by atoms with Crippen molar-refractivity contribution in [2.45, 2.75) is 43.9 Å². The van der Waals surface area contributed by atoms with Gasteiger partial charge in [-0.3, -0.25) is 14.9 Å². The summed E-state index contributed by atoms with van der Waals surface area (Å²) in [7, 11) is -3.16. The summed E-state index contributed by atoms with van der Waals surface area (Å²) in [6.45, 7) is 2.22. The Morgan fingerprint density at radius 1 is 1.24 bits per heavy atom. The summed E-state index contributed by atoms with van der Waals surface area (Å²) in [4.78, 5) is 22.2. The van der Waals surface area contributed by atoms with Crippen LogP contribution < -0.4 is 5.32 Å². The molecule has 2 fully saturated rings. The number of nitrogens with zero attached hydrogens (tertiary/aromatic N) is 2. The monoisotopic (exact) mass is 367 g/mol. The van der Waals surface area contributed by atoms with Gasteiger partial charge >= 0.3 is 0 Å².